The van der Waals surface area contributed by atoms with E-state index in [4.69, 9.17) is 19.3 Å². The molecule has 7 nitrogen and oxygen atoms in total. The smallest absolute Gasteiger partial charge is 0.335 e. The number of fused-ring (bicyclic) bond motifs is 1. The predicted molar refractivity (Wildman–Crippen MR) is 78.4 cm³/mol. The number of aromatic carboxylic acids is 1. The molecule has 2 aromatic rings. The molecule has 7 heteroatoms. The van der Waals surface area contributed by atoms with Crippen molar-refractivity contribution in [1.82, 2.24) is 9.55 Å². The molecule has 0 saturated carbocycles. The Morgan fingerprint density at radius 3 is 2.95 bits per heavy atom. The Morgan fingerprint density at radius 2 is 2.32 bits per heavy atom. The number of nitrogens with zero attached hydrogens (tertiary/aromatic N) is 2. The van der Waals surface area contributed by atoms with Crippen molar-refractivity contribution in [3.8, 4) is 6.01 Å². The van der Waals surface area contributed by atoms with Crippen LogP contribution < -0.4 is 4.74 Å². The lowest BCUT2D eigenvalue weighted by atomic mass is 10.1. The quantitative estimate of drug-likeness (QED) is 0.781. The minimum absolute atomic E-state index is 0.121. The highest BCUT2D eigenvalue weighted by molar-refractivity contribution is 5.92. The Kier molecular flexibility index (Phi) is 4.26. The van der Waals surface area contributed by atoms with Gasteiger partial charge in [-0.2, -0.15) is 4.98 Å². The Labute approximate surface area is 127 Å². The maximum atomic E-state index is 11.2. The van der Waals surface area contributed by atoms with Crippen molar-refractivity contribution in [1.29, 1.82) is 0 Å². The number of ether oxygens (including phenoxy) is 3. The lowest BCUT2D eigenvalue weighted by Crippen LogP contribution is -2.31. The molecule has 1 atom stereocenters. The molecule has 1 fully saturated rings. The third kappa shape index (κ3) is 2.90. The van der Waals surface area contributed by atoms with Gasteiger partial charge in [0.2, 0.25) is 0 Å². The fourth-order valence-corrected chi connectivity index (χ4v) is 2.37. The summed E-state index contributed by atoms with van der Waals surface area (Å²) in [5.74, 6) is -0.962. The molecule has 1 aliphatic heterocycles. The van der Waals surface area contributed by atoms with Gasteiger partial charge in [0.15, 0.2) is 0 Å². The molecule has 22 heavy (non-hydrogen) atoms. The van der Waals surface area contributed by atoms with Crippen molar-refractivity contribution in [2.75, 3.05) is 26.9 Å². The minimum atomic E-state index is -0.962. The van der Waals surface area contributed by atoms with Crippen molar-refractivity contribution in [3.05, 3.63) is 23.8 Å². The maximum Gasteiger partial charge on any atom is 0.335 e. The molecule has 118 valence electrons. The van der Waals surface area contributed by atoms with Crippen LogP contribution in [0.3, 0.4) is 0 Å². The topological polar surface area (TPSA) is 82.8 Å². The van der Waals surface area contributed by atoms with Crippen molar-refractivity contribution in [3.63, 3.8) is 0 Å². The number of imidazole rings is 1. The summed E-state index contributed by atoms with van der Waals surface area (Å²) < 4.78 is 18.0. The second-order valence-corrected chi connectivity index (χ2v) is 5.14. The predicted octanol–water partition coefficient (Wildman–Crippen LogP) is 1.55. The third-order valence-corrected chi connectivity index (χ3v) is 3.66. The highest BCUT2D eigenvalue weighted by Crippen LogP contribution is 2.25. The van der Waals surface area contributed by atoms with E-state index in [-0.39, 0.29) is 11.7 Å². The average molecular weight is 306 g/mol. The molecule has 0 aliphatic carbocycles. The molecule has 1 saturated heterocycles. The van der Waals surface area contributed by atoms with Gasteiger partial charge in [-0.15, -0.1) is 0 Å². The van der Waals surface area contributed by atoms with Gasteiger partial charge in [0.05, 0.1) is 35.9 Å². The van der Waals surface area contributed by atoms with E-state index in [1.807, 2.05) is 4.57 Å². The van der Waals surface area contributed by atoms with Crippen LogP contribution in [0.5, 0.6) is 6.01 Å². The van der Waals surface area contributed by atoms with E-state index in [0.29, 0.717) is 31.3 Å². The van der Waals surface area contributed by atoms with Crippen LogP contribution in [0, 0.1) is 0 Å². The van der Waals surface area contributed by atoms with Gasteiger partial charge in [-0.25, -0.2) is 4.79 Å². The molecular formula is C15H18N2O5. The van der Waals surface area contributed by atoms with E-state index in [1.165, 1.54) is 0 Å². The van der Waals surface area contributed by atoms with E-state index in [9.17, 15) is 4.79 Å². The summed E-state index contributed by atoms with van der Waals surface area (Å²) in [6, 6.07) is 5.32. The second kappa shape index (κ2) is 6.33. The molecule has 0 unspecified atom stereocenters. The van der Waals surface area contributed by atoms with Crippen LogP contribution in [0.15, 0.2) is 18.2 Å². The summed E-state index contributed by atoms with van der Waals surface area (Å²) >= 11 is 0. The zero-order valence-corrected chi connectivity index (χ0v) is 12.3. The summed E-state index contributed by atoms with van der Waals surface area (Å²) in [6.07, 6.45) is 1.10. The fraction of sp³-hybridized carbons (Fsp3) is 0.467. The average Bonchev–Trinajstić information content (AvgIpc) is 2.80. The van der Waals surface area contributed by atoms with Crippen LogP contribution in [-0.2, 0) is 16.0 Å². The van der Waals surface area contributed by atoms with E-state index in [1.54, 1.807) is 25.3 Å². The minimum Gasteiger partial charge on any atom is -0.478 e. The van der Waals surface area contributed by atoms with Crippen LogP contribution in [-0.4, -0.2) is 53.7 Å². The molecule has 1 aliphatic rings. The summed E-state index contributed by atoms with van der Waals surface area (Å²) in [7, 11) is 1.60. The largest absolute Gasteiger partial charge is 0.478 e. The Bertz CT molecular complexity index is 678. The number of carboxylic acid groups (broad SMARTS) is 1. The number of hydrogen-bond donors (Lipinski definition) is 1. The monoisotopic (exact) mass is 306 g/mol. The van der Waals surface area contributed by atoms with Crippen LogP contribution in [0.25, 0.3) is 11.0 Å². The molecule has 1 aromatic carbocycles. The van der Waals surface area contributed by atoms with E-state index in [0.717, 1.165) is 18.5 Å². The lowest BCUT2D eigenvalue weighted by Gasteiger charge is -2.27. The van der Waals surface area contributed by atoms with Gasteiger partial charge in [-0.3, -0.25) is 4.57 Å². The fourth-order valence-electron chi connectivity index (χ4n) is 2.37. The van der Waals surface area contributed by atoms with Gasteiger partial charge in [0.25, 0.3) is 6.01 Å². The first-order valence-corrected chi connectivity index (χ1v) is 7.16. The first kappa shape index (κ1) is 14.8. The number of carboxylic acids is 1. The zero-order chi connectivity index (χ0) is 15.5. The second-order valence-electron chi connectivity index (χ2n) is 5.14. The standard InChI is InChI=1S/C15H18N2O5/c1-20-6-7-22-15-16-12-3-2-10(14(18)19)8-13(12)17(15)9-11-4-5-21-11/h2-3,8,11H,4-7,9H2,1H3,(H,18,19)/t11-/m0/s1. The molecule has 0 radical (unpaired) electrons. The third-order valence-electron chi connectivity index (χ3n) is 3.66. The molecule has 0 amide bonds. The number of rotatable bonds is 7. The van der Waals surface area contributed by atoms with Gasteiger partial charge in [0, 0.05) is 13.7 Å². The molecule has 0 spiro atoms. The summed E-state index contributed by atoms with van der Waals surface area (Å²) in [5.41, 5.74) is 1.67. The zero-order valence-electron chi connectivity index (χ0n) is 12.3. The molecule has 1 N–H and O–H groups in total. The molecule has 2 heterocycles. The maximum absolute atomic E-state index is 11.2. The van der Waals surface area contributed by atoms with Crippen LogP contribution in [0.2, 0.25) is 0 Å². The number of aromatic nitrogens is 2. The van der Waals surface area contributed by atoms with Gasteiger partial charge in [-0.05, 0) is 24.6 Å². The van der Waals surface area contributed by atoms with Crippen LogP contribution >= 0.6 is 0 Å². The highest BCUT2D eigenvalue weighted by atomic mass is 16.5. The van der Waals surface area contributed by atoms with Crippen molar-refractivity contribution < 1.29 is 24.1 Å². The Hall–Kier alpha value is -2.12. The summed E-state index contributed by atoms with van der Waals surface area (Å²) in [4.78, 5) is 15.6. The normalized spacial score (nSPS) is 17.4. The number of methoxy groups -OCH3 is 1. The van der Waals surface area contributed by atoms with E-state index in [2.05, 4.69) is 4.98 Å². The molecule has 1 aromatic heterocycles. The number of benzene rings is 1. The molecule has 3 rings (SSSR count). The van der Waals surface area contributed by atoms with Crippen LogP contribution in [0.1, 0.15) is 16.8 Å². The Morgan fingerprint density at radius 1 is 1.50 bits per heavy atom. The van der Waals surface area contributed by atoms with Crippen LogP contribution in [0.4, 0.5) is 0 Å². The van der Waals surface area contributed by atoms with E-state index >= 15 is 0 Å². The van der Waals surface area contributed by atoms with E-state index < -0.39 is 5.97 Å². The Balaban J connectivity index is 1.96. The number of carbonyl (C=O) groups is 1. The highest BCUT2D eigenvalue weighted by Gasteiger charge is 2.23. The van der Waals surface area contributed by atoms with Gasteiger partial charge < -0.3 is 19.3 Å². The molecule has 0 bridgehead atoms. The van der Waals surface area contributed by atoms with Gasteiger partial charge in [0.1, 0.15) is 6.61 Å². The van der Waals surface area contributed by atoms with Crippen molar-refractivity contribution >= 4 is 17.0 Å². The van der Waals surface area contributed by atoms with Gasteiger partial charge in [-0.1, -0.05) is 0 Å². The lowest BCUT2D eigenvalue weighted by molar-refractivity contribution is -0.0597. The first-order valence-electron chi connectivity index (χ1n) is 7.16. The van der Waals surface area contributed by atoms with Crippen molar-refractivity contribution in [2.45, 2.75) is 19.1 Å². The molecular weight excluding hydrogens is 288 g/mol. The first-order chi connectivity index (χ1) is 10.7. The SMILES string of the molecule is COCCOc1nc2ccc(C(=O)O)cc2n1C[C@@H]1CCO1. The summed E-state index contributed by atoms with van der Waals surface area (Å²) in [6.45, 7) is 2.21. The van der Waals surface area contributed by atoms with Crippen molar-refractivity contribution in [2.24, 2.45) is 0 Å². The summed E-state index contributed by atoms with van der Waals surface area (Å²) in [5, 5.41) is 9.15. The number of hydrogen-bond acceptors (Lipinski definition) is 5. The van der Waals surface area contributed by atoms with Gasteiger partial charge >= 0.3 is 5.97 Å².